The van der Waals surface area contributed by atoms with E-state index in [1.165, 1.54) is 141 Å². The quantitative estimate of drug-likeness (QED) is 0.0629. The Balaban J connectivity index is 3.84. The van der Waals surface area contributed by atoms with Gasteiger partial charge in [-0.05, 0) is 37.5 Å². The molecule has 0 aromatic carbocycles. The molecule has 0 aliphatic heterocycles. The maximum atomic E-state index is 11.9. The third kappa shape index (κ3) is 26.3. The monoisotopic (exact) mass is 507 g/mol. The summed E-state index contributed by atoms with van der Waals surface area (Å²) in [6.45, 7) is 15.4. The summed E-state index contributed by atoms with van der Waals surface area (Å²) >= 11 is 0. The molecule has 0 aromatic rings. The molecule has 36 heavy (non-hydrogen) atoms. The van der Waals surface area contributed by atoms with Crippen LogP contribution in [-0.4, -0.2) is 12.6 Å². The Morgan fingerprint density at radius 1 is 0.528 bits per heavy atom. The molecular weight excluding hydrogens is 440 g/mol. The molecule has 0 radical (unpaired) electrons. The van der Waals surface area contributed by atoms with E-state index in [0.29, 0.717) is 18.1 Å². The van der Waals surface area contributed by atoms with Gasteiger partial charge >= 0.3 is 5.97 Å². The molecule has 0 saturated carbocycles. The Morgan fingerprint density at radius 2 is 0.806 bits per heavy atom. The Morgan fingerprint density at radius 3 is 1.08 bits per heavy atom. The van der Waals surface area contributed by atoms with Crippen LogP contribution < -0.4 is 0 Å². The second-order valence-electron chi connectivity index (χ2n) is 12.6. The highest BCUT2D eigenvalue weighted by molar-refractivity contribution is 5.86. The third-order valence-electron chi connectivity index (χ3n) is 7.59. The second kappa shape index (κ2) is 25.8. The van der Waals surface area contributed by atoms with Gasteiger partial charge in [0.25, 0.3) is 0 Å². The first kappa shape index (κ1) is 35.2. The molecule has 2 nitrogen and oxygen atoms in total. The minimum absolute atomic E-state index is 0.221. The summed E-state index contributed by atoms with van der Waals surface area (Å²) in [6, 6.07) is 0. The number of hydrogen-bond acceptors (Lipinski definition) is 2. The summed E-state index contributed by atoms with van der Waals surface area (Å²) in [7, 11) is 0. The molecule has 0 saturated heterocycles. The lowest BCUT2D eigenvalue weighted by Crippen LogP contribution is -2.15. The summed E-state index contributed by atoms with van der Waals surface area (Å²) in [5.74, 6) is 2.02. The number of carbonyl (C=O) groups excluding carboxylic acids is 1. The van der Waals surface area contributed by atoms with E-state index in [1.807, 2.05) is 0 Å². The van der Waals surface area contributed by atoms with Gasteiger partial charge < -0.3 is 4.74 Å². The Labute approximate surface area is 227 Å². The summed E-state index contributed by atoms with van der Waals surface area (Å²) in [4.78, 5) is 11.9. The van der Waals surface area contributed by atoms with Crippen LogP contribution in [-0.2, 0) is 9.53 Å². The lowest BCUT2D eigenvalue weighted by molar-refractivity contribution is -0.140. The van der Waals surface area contributed by atoms with Crippen LogP contribution in [0.1, 0.15) is 176 Å². The number of ether oxygens (including phenoxy) is 1. The summed E-state index contributed by atoms with van der Waals surface area (Å²) in [5.41, 5.74) is 0.516. The van der Waals surface area contributed by atoms with E-state index in [1.54, 1.807) is 6.92 Å². The molecule has 1 unspecified atom stereocenters. The zero-order valence-electron chi connectivity index (χ0n) is 25.5. The van der Waals surface area contributed by atoms with Gasteiger partial charge in [-0.15, -0.1) is 0 Å². The minimum Gasteiger partial charge on any atom is -0.462 e. The molecular formula is C34H66O2. The third-order valence-corrected chi connectivity index (χ3v) is 7.59. The van der Waals surface area contributed by atoms with Crippen molar-refractivity contribution in [2.45, 2.75) is 176 Å². The highest BCUT2D eigenvalue weighted by atomic mass is 16.5. The number of unbranched alkanes of at least 4 members (excludes halogenated alkanes) is 16. The zero-order chi connectivity index (χ0) is 26.9. The maximum Gasteiger partial charge on any atom is 0.333 e. The molecule has 0 heterocycles. The standard InChI is InChI=1S/C34H66O2/c1-30(2)25-21-17-13-9-7-8-10-15-19-23-27-33(29-36-34(35)32(5)6)28-24-20-16-12-11-14-18-22-26-31(3)4/h30-31,33H,5,7-29H2,1-4,6H3. The molecule has 0 aliphatic carbocycles. The van der Waals surface area contributed by atoms with Gasteiger partial charge in [-0.1, -0.05) is 163 Å². The van der Waals surface area contributed by atoms with Gasteiger partial charge in [-0.2, -0.15) is 0 Å². The van der Waals surface area contributed by atoms with E-state index < -0.39 is 0 Å². The van der Waals surface area contributed by atoms with E-state index in [0.717, 1.165) is 11.8 Å². The maximum absolute atomic E-state index is 11.9. The van der Waals surface area contributed by atoms with Crippen LogP contribution in [0.4, 0.5) is 0 Å². The van der Waals surface area contributed by atoms with Crippen molar-refractivity contribution in [2.75, 3.05) is 6.61 Å². The fourth-order valence-electron chi connectivity index (χ4n) is 5.07. The molecule has 0 aromatic heterocycles. The van der Waals surface area contributed by atoms with Crippen LogP contribution in [0.5, 0.6) is 0 Å². The number of esters is 1. The van der Waals surface area contributed by atoms with E-state index in [-0.39, 0.29) is 5.97 Å². The molecule has 0 bridgehead atoms. The number of rotatable bonds is 27. The van der Waals surface area contributed by atoms with Gasteiger partial charge in [-0.25, -0.2) is 4.79 Å². The van der Waals surface area contributed by atoms with Crippen molar-refractivity contribution in [2.24, 2.45) is 17.8 Å². The first-order chi connectivity index (χ1) is 17.3. The van der Waals surface area contributed by atoms with Crippen LogP contribution in [0, 0.1) is 17.8 Å². The number of hydrogen-bond donors (Lipinski definition) is 0. The lowest BCUT2D eigenvalue weighted by Gasteiger charge is -2.17. The molecule has 0 rings (SSSR count). The smallest absolute Gasteiger partial charge is 0.333 e. The lowest BCUT2D eigenvalue weighted by atomic mass is 9.94. The van der Waals surface area contributed by atoms with Gasteiger partial charge in [-0.3, -0.25) is 0 Å². The van der Waals surface area contributed by atoms with E-state index in [4.69, 9.17) is 4.74 Å². The highest BCUT2D eigenvalue weighted by Crippen LogP contribution is 2.21. The van der Waals surface area contributed by atoms with Crippen LogP contribution >= 0.6 is 0 Å². The van der Waals surface area contributed by atoms with Crippen LogP contribution in [0.15, 0.2) is 12.2 Å². The summed E-state index contributed by atoms with van der Waals surface area (Å²) < 4.78 is 5.54. The van der Waals surface area contributed by atoms with Crippen molar-refractivity contribution in [1.29, 1.82) is 0 Å². The molecule has 0 N–H and O–H groups in total. The SMILES string of the molecule is C=C(C)C(=O)OCC(CCCCCCCCCCCCC(C)C)CCCCCCCCCCC(C)C. The van der Waals surface area contributed by atoms with Gasteiger partial charge in [0, 0.05) is 5.57 Å². The van der Waals surface area contributed by atoms with Crippen molar-refractivity contribution in [1.82, 2.24) is 0 Å². The first-order valence-electron chi connectivity index (χ1n) is 16.2. The normalized spacial score (nSPS) is 12.4. The largest absolute Gasteiger partial charge is 0.462 e. The fourth-order valence-corrected chi connectivity index (χ4v) is 5.07. The van der Waals surface area contributed by atoms with Gasteiger partial charge in [0.2, 0.25) is 0 Å². The van der Waals surface area contributed by atoms with Crippen molar-refractivity contribution < 1.29 is 9.53 Å². The van der Waals surface area contributed by atoms with E-state index in [2.05, 4.69) is 34.3 Å². The van der Waals surface area contributed by atoms with Gasteiger partial charge in [0.15, 0.2) is 0 Å². The topological polar surface area (TPSA) is 26.3 Å². The molecule has 214 valence electrons. The Bertz CT molecular complexity index is 493. The highest BCUT2D eigenvalue weighted by Gasteiger charge is 2.12. The fraction of sp³-hybridized carbons (Fsp3) is 0.912. The molecule has 0 spiro atoms. The van der Waals surface area contributed by atoms with Gasteiger partial charge in [0.05, 0.1) is 6.61 Å². The van der Waals surface area contributed by atoms with Crippen molar-refractivity contribution in [3.05, 3.63) is 12.2 Å². The van der Waals surface area contributed by atoms with Crippen molar-refractivity contribution in [3.8, 4) is 0 Å². The van der Waals surface area contributed by atoms with Crippen molar-refractivity contribution >= 4 is 5.97 Å². The predicted molar refractivity (Wildman–Crippen MR) is 161 cm³/mol. The second-order valence-corrected chi connectivity index (χ2v) is 12.6. The minimum atomic E-state index is -0.221. The van der Waals surface area contributed by atoms with E-state index in [9.17, 15) is 4.79 Å². The summed E-state index contributed by atoms with van der Waals surface area (Å²) in [5, 5.41) is 0. The molecule has 0 aliphatic rings. The van der Waals surface area contributed by atoms with E-state index >= 15 is 0 Å². The van der Waals surface area contributed by atoms with Crippen LogP contribution in [0.3, 0.4) is 0 Å². The molecule has 0 fully saturated rings. The van der Waals surface area contributed by atoms with Gasteiger partial charge in [0.1, 0.15) is 0 Å². The average Bonchev–Trinajstić information content (AvgIpc) is 2.82. The Hall–Kier alpha value is -0.790. The first-order valence-corrected chi connectivity index (χ1v) is 16.2. The zero-order valence-corrected chi connectivity index (χ0v) is 25.5. The molecule has 0 amide bonds. The predicted octanol–water partition coefficient (Wildman–Crippen LogP) is 11.6. The summed E-state index contributed by atoms with van der Waals surface area (Å²) in [6.07, 6.45) is 30.0. The van der Waals surface area contributed by atoms with Crippen molar-refractivity contribution in [3.63, 3.8) is 0 Å². The molecule has 2 heteroatoms. The van der Waals surface area contributed by atoms with Crippen LogP contribution in [0.2, 0.25) is 0 Å². The molecule has 1 atom stereocenters. The Kier molecular flexibility index (Phi) is 25.3. The average molecular weight is 507 g/mol. The number of carbonyl (C=O) groups is 1. The van der Waals surface area contributed by atoms with Crippen LogP contribution in [0.25, 0.3) is 0 Å².